The van der Waals surface area contributed by atoms with Crippen LogP contribution < -0.4 is 5.32 Å². The molecule has 0 aliphatic carbocycles. The number of benzene rings is 1. The van der Waals surface area contributed by atoms with Crippen LogP contribution in [0.15, 0.2) is 18.2 Å². The van der Waals surface area contributed by atoms with Gasteiger partial charge in [0.25, 0.3) is 0 Å². The Bertz CT molecular complexity index is 342. The van der Waals surface area contributed by atoms with Crippen LogP contribution in [-0.4, -0.2) is 11.4 Å². The first-order chi connectivity index (χ1) is 7.56. The summed E-state index contributed by atoms with van der Waals surface area (Å²) in [6.07, 6.45) is 0. The van der Waals surface area contributed by atoms with Gasteiger partial charge in [0, 0.05) is 23.5 Å². The molecule has 1 atom stereocenters. The van der Waals surface area contributed by atoms with Crippen LogP contribution in [0.2, 0.25) is 0 Å². The molecule has 4 heteroatoms. The average molecular weight is 292 g/mol. The van der Waals surface area contributed by atoms with E-state index in [0.29, 0.717) is 18.0 Å². The quantitative estimate of drug-likeness (QED) is 0.819. The lowest BCUT2D eigenvalue weighted by molar-refractivity contribution is 0.424. The predicted molar refractivity (Wildman–Crippen MR) is 65.6 cm³/mol. The minimum absolute atomic E-state index is 0.252. The molecule has 90 valence electrons. The molecule has 0 bridgehead atoms. The molecule has 0 saturated carbocycles. The summed E-state index contributed by atoms with van der Waals surface area (Å²) in [6.45, 7) is 4.51. The fourth-order valence-electron chi connectivity index (χ4n) is 1.39. The second-order valence-electron chi connectivity index (χ2n) is 4.10. The van der Waals surface area contributed by atoms with Crippen LogP contribution in [0.5, 0.6) is 0 Å². The minimum atomic E-state index is -0.792. The topological polar surface area (TPSA) is 12.0 Å². The molecule has 0 aromatic heterocycles. The van der Waals surface area contributed by atoms with E-state index < -0.39 is 11.6 Å². The fraction of sp³-hybridized carbons (Fsp3) is 0.500. The van der Waals surface area contributed by atoms with Crippen LogP contribution in [0.1, 0.15) is 19.4 Å². The predicted octanol–water partition coefficient (Wildman–Crippen LogP) is 3.47. The fourth-order valence-corrected chi connectivity index (χ4v) is 2.37. The maximum absolute atomic E-state index is 13.3. The molecule has 1 unspecified atom stereocenters. The van der Waals surface area contributed by atoms with E-state index in [4.69, 9.17) is 0 Å². The van der Waals surface area contributed by atoms with Crippen molar-refractivity contribution in [3.05, 3.63) is 35.4 Å². The molecule has 0 aliphatic rings. The van der Waals surface area contributed by atoms with E-state index in [1.807, 2.05) is 0 Å². The van der Waals surface area contributed by atoms with Gasteiger partial charge in [-0.1, -0.05) is 41.9 Å². The van der Waals surface area contributed by atoms with E-state index in [1.165, 1.54) is 6.07 Å². The summed E-state index contributed by atoms with van der Waals surface area (Å²) >= 11 is 3.39. The molecule has 0 radical (unpaired) electrons. The van der Waals surface area contributed by atoms with Crippen molar-refractivity contribution in [2.75, 3.05) is 5.33 Å². The molecule has 1 aromatic rings. The number of alkyl halides is 1. The Balaban J connectivity index is 2.64. The summed E-state index contributed by atoms with van der Waals surface area (Å²) in [6, 6.07) is 4.50. The van der Waals surface area contributed by atoms with Gasteiger partial charge in [0.05, 0.1) is 0 Å². The Hall–Kier alpha value is -0.480. The molecule has 0 amide bonds. The summed E-state index contributed by atoms with van der Waals surface area (Å²) in [5.74, 6) is -1.11. The Morgan fingerprint density at radius 3 is 2.56 bits per heavy atom. The molecule has 0 saturated heterocycles. The lowest BCUT2D eigenvalue weighted by atomic mass is 10.1. The van der Waals surface area contributed by atoms with E-state index in [9.17, 15) is 8.78 Å². The van der Waals surface area contributed by atoms with Crippen LogP contribution >= 0.6 is 15.9 Å². The second kappa shape index (κ2) is 6.30. The van der Waals surface area contributed by atoms with Gasteiger partial charge in [-0.2, -0.15) is 0 Å². The van der Waals surface area contributed by atoms with Gasteiger partial charge in [-0.05, 0) is 12.0 Å². The Kier molecular flexibility index (Phi) is 5.35. The number of rotatable bonds is 5. The highest BCUT2D eigenvalue weighted by Gasteiger charge is 2.13. The van der Waals surface area contributed by atoms with Crippen molar-refractivity contribution in [2.24, 2.45) is 5.92 Å². The van der Waals surface area contributed by atoms with Gasteiger partial charge < -0.3 is 5.32 Å². The highest BCUT2D eigenvalue weighted by Crippen LogP contribution is 2.12. The standard InChI is InChI=1S/C12H16BrF2N/c1-8(2)11(6-13)16-7-9-4-3-5-10(14)12(9)15/h3-5,8,11,16H,6-7H2,1-2H3. The van der Waals surface area contributed by atoms with E-state index in [0.717, 1.165) is 11.4 Å². The van der Waals surface area contributed by atoms with Crippen molar-refractivity contribution < 1.29 is 8.78 Å². The highest BCUT2D eigenvalue weighted by atomic mass is 79.9. The lowest BCUT2D eigenvalue weighted by Gasteiger charge is -2.20. The summed E-state index contributed by atoms with van der Waals surface area (Å²) in [5.41, 5.74) is 0.367. The van der Waals surface area contributed by atoms with Gasteiger partial charge in [-0.25, -0.2) is 8.78 Å². The zero-order valence-corrected chi connectivity index (χ0v) is 11.0. The molecule has 1 nitrogen and oxygen atoms in total. The SMILES string of the molecule is CC(C)C(CBr)NCc1cccc(F)c1F. The van der Waals surface area contributed by atoms with Gasteiger partial charge in [0.15, 0.2) is 11.6 Å². The van der Waals surface area contributed by atoms with Crippen molar-refractivity contribution >= 4 is 15.9 Å². The largest absolute Gasteiger partial charge is 0.309 e. The van der Waals surface area contributed by atoms with E-state index in [2.05, 4.69) is 35.1 Å². The summed E-state index contributed by atoms with van der Waals surface area (Å²) in [4.78, 5) is 0. The third kappa shape index (κ3) is 3.52. The maximum atomic E-state index is 13.3. The highest BCUT2D eigenvalue weighted by molar-refractivity contribution is 9.09. The zero-order valence-electron chi connectivity index (χ0n) is 9.43. The van der Waals surface area contributed by atoms with Crippen molar-refractivity contribution in [3.8, 4) is 0 Å². The molecule has 16 heavy (non-hydrogen) atoms. The Labute approximate surface area is 103 Å². The number of hydrogen-bond acceptors (Lipinski definition) is 1. The van der Waals surface area contributed by atoms with Gasteiger partial charge in [-0.3, -0.25) is 0 Å². The average Bonchev–Trinajstić information content (AvgIpc) is 2.24. The molecule has 0 aliphatic heterocycles. The normalized spacial score (nSPS) is 13.1. The van der Waals surface area contributed by atoms with Crippen LogP contribution in [0, 0.1) is 17.6 Å². The van der Waals surface area contributed by atoms with Gasteiger partial charge >= 0.3 is 0 Å². The van der Waals surface area contributed by atoms with Crippen molar-refractivity contribution in [2.45, 2.75) is 26.4 Å². The first kappa shape index (κ1) is 13.6. The van der Waals surface area contributed by atoms with Crippen molar-refractivity contribution in [3.63, 3.8) is 0 Å². The smallest absolute Gasteiger partial charge is 0.163 e. The molecule has 1 N–H and O–H groups in total. The molecule has 1 rings (SSSR count). The van der Waals surface area contributed by atoms with Crippen LogP contribution in [0.25, 0.3) is 0 Å². The first-order valence-electron chi connectivity index (χ1n) is 5.28. The van der Waals surface area contributed by atoms with Gasteiger partial charge in [-0.15, -0.1) is 0 Å². The molecule has 0 heterocycles. The van der Waals surface area contributed by atoms with Crippen molar-refractivity contribution in [1.29, 1.82) is 0 Å². The first-order valence-corrected chi connectivity index (χ1v) is 6.40. The summed E-state index contributed by atoms with van der Waals surface area (Å²) in [7, 11) is 0. The Morgan fingerprint density at radius 1 is 1.31 bits per heavy atom. The number of halogens is 3. The number of hydrogen-bond donors (Lipinski definition) is 1. The second-order valence-corrected chi connectivity index (χ2v) is 4.75. The van der Waals surface area contributed by atoms with Crippen LogP contribution in [-0.2, 0) is 6.54 Å². The molecular formula is C12H16BrF2N. The van der Waals surface area contributed by atoms with Crippen LogP contribution in [0.4, 0.5) is 8.78 Å². The third-order valence-electron chi connectivity index (χ3n) is 2.56. The molecule has 0 fully saturated rings. The summed E-state index contributed by atoms with van der Waals surface area (Å²) < 4.78 is 26.3. The third-order valence-corrected chi connectivity index (χ3v) is 3.25. The van der Waals surface area contributed by atoms with E-state index >= 15 is 0 Å². The molecule has 0 spiro atoms. The summed E-state index contributed by atoms with van der Waals surface area (Å²) in [5, 5.41) is 3.99. The molecule has 1 aromatic carbocycles. The lowest BCUT2D eigenvalue weighted by Crippen LogP contribution is -2.35. The van der Waals surface area contributed by atoms with Crippen molar-refractivity contribution in [1.82, 2.24) is 5.32 Å². The number of nitrogens with one attached hydrogen (secondary N) is 1. The zero-order chi connectivity index (χ0) is 12.1. The van der Waals surface area contributed by atoms with E-state index in [1.54, 1.807) is 6.07 Å². The van der Waals surface area contributed by atoms with E-state index in [-0.39, 0.29) is 6.04 Å². The monoisotopic (exact) mass is 291 g/mol. The molecular weight excluding hydrogens is 276 g/mol. The van der Waals surface area contributed by atoms with Gasteiger partial charge in [0.2, 0.25) is 0 Å². The Morgan fingerprint density at radius 2 is 2.00 bits per heavy atom. The maximum Gasteiger partial charge on any atom is 0.163 e. The minimum Gasteiger partial charge on any atom is -0.309 e. The van der Waals surface area contributed by atoms with Crippen LogP contribution in [0.3, 0.4) is 0 Å². The van der Waals surface area contributed by atoms with Gasteiger partial charge in [0.1, 0.15) is 0 Å².